The molecule has 2 unspecified atom stereocenters. The molecule has 0 spiro atoms. The van der Waals surface area contributed by atoms with Gasteiger partial charge in [0.15, 0.2) is 0 Å². The summed E-state index contributed by atoms with van der Waals surface area (Å²) in [7, 11) is 0. The summed E-state index contributed by atoms with van der Waals surface area (Å²) in [6.45, 7) is 2.25. The molecule has 0 aromatic heterocycles. The van der Waals surface area contributed by atoms with Crippen molar-refractivity contribution in [3.8, 4) is 0 Å². The van der Waals surface area contributed by atoms with Crippen LogP contribution in [0.3, 0.4) is 0 Å². The topological polar surface area (TPSA) is 75.4 Å². The van der Waals surface area contributed by atoms with Gasteiger partial charge in [0.25, 0.3) is 5.91 Å². The number of hydrogen-bond donors (Lipinski definition) is 2. The van der Waals surface area contributed by atoms with E-state index < -0.39 is 0 Å². The highest BCUT2D eigenvalue weighted by Gasteiger charge is 2.40. The third-order valence-electron chi connectivity index (χ3n) is 7.09. The van der Waals surface area contributed by atoms with Gasteiger partial charge in [-0.15, -0.1) is 12.4 Å². The average molecular weight is 420 g/mol. The van der Waals surface area contributed by atoms with Crippen LogP contribution in [0.5, 0.6) is 0 Å². The Morgan fingerprint density at radius 2 is 1.59 bits per heavy atom. The Balaban J connectivity index is 0.00000240. The number of amides is 2. The molecule has 2 atom stereocenters. The van der Waals surface area contributed by atoms with Crippen LogP contribution in [0.1, 0.15) is 67.3 Å². The first-order valence-electron chi connectivity index (χ1n) is 11.0. The average Bonchev–Trinajstić information content (AvgIpc) is 2.72. The first-order chi connectivity index (χ1) is 13.6. The fourth-order valence-electron chi connectivity index (χ4n) is 5.38. The number of carbonyl (C=O) groups excluding carboxylic acids is 2. The van der Waals surface area contributed by atoms with Crippen molar-refractivity contribution in [2.75, 3.05) is 13.1 Å². The molecule has 1 aromatic carbocycles. The SMILES string of the molecule is Cl.NC1C2CCCC1CC(C(=O)NCc1ccc(C(=O)N3CCCCC3)cc1)C2. The third-order valence-corrected chi connectivity index (χ3v) is 7.09. The van der Waals surface area contributed by atoms with E-state index in [1.54, 1.807) is 0 Å². The Bertz CT molecular complexity index is 689. The normalized spacial score (nSPS) is 28.9. The maximum absolute atomic E-state index is 12.7. The zero-order chi connectivity index (χ0) is 19.5. The van der Waals surface area contributed by atoms with Crippen LogP contribution in [0.2, 0.25) is 0 Å². The van der Waals surface area contributed by atoms with Gasteiger partial charge >= 0.3 is 0 Å². The maximum Gasteiger partial charge on any atom is 0.253 e. The first-order valence-corrected chi connectivity index (χ1v) is 11.0. The maximum atomic E-state index is 12.7. The molecule has 5 nitrogen and oxygen atoms in total. The number of likely N-dealkylation sites (tertiary alicyclic amines) is 1. The van der Waals surface area contributed by atoms with E-state index in [1.165, 1.54) is 25.7 Å². The lowest BCUT2D eigenvalue weighted by Gasteiger charge is -2.43. The van der Waals surface area contributed by atoms with Crippen molar-refractivity contribution in [2.24, 2.45) is 23.5 Å². The number of benzene rings is 1. The molecule has 1 aromatic rings. The highest BCUT2D eigenvalue weighted by atomic mass is 35.5. The van der Waals surface area contributed by atoms with Gasteiger partial charge in [0.2, 0.25) is 5.91 Å². The Hall–Kier alpha value is -1.59. The summed E-state index contributed by atoms with van der Waals surface area (Å²) in [5, 5.41) is 3.11. The van der Waals surface area contributed by atoms with Crippen LogP contribution in [-0.2, 0) is 11.3 Å². The van der Waals surface area contributed by atoms with Crippen molar-refractivity contribution in [1.29, 1.82) is 0 Å². The second-order valence-corrected chi connectivity index (χ2v) is 8.96. The van der Waals surface area contributed by atoms with Gasteiger partial charge in [-0.05, 0) is 74.5 Å². The molecule has 3 fully saturated rings. The molecule has 2 bridgehead atoms. The standard InChI is InChI=1S/C23H33N3O2.ClH/c24-21-18-5-4-6-19(21)14-20(13-18)22(27)25-15-16-7-9-17(10-8-16)23(28)26-11-2-1-3-12-26;/h7-10,18-21H,1-6,11-15,24H2,(H,25,27);1H. The fraction of sp³-hybridized carbons (Fsp3) is 0.652. The number of rotatable bonds is 4. The lowest BCUT2D eigenvalue weighted by atomic mass is 9.65. The van der Waals surface area contributed by atoms with E-state index in [2.05, 4.69) is 5.32 Å². The molecule has 3 N–H and O–H groups in total. The molecule has 4 rings (SSSR count). The van der Waals surface area contributed by atoms with E-state index in [0.29, 0.717) is 24.4 Å². The predicted octanol–water partition coefficient (Wildman–Crippen LogP) is 3.50. The Morgan fingerprint density at radius 1 is 0.966 bits per heavy atom. The minimum atomic E-state index is 0. The zero-order valence-corrected chi connectivity index (χ0v) is 18.0. The minimum Gasteiger partial charge on any atom is -0.352 e. The molecule has 1 heterocycles. The largest absolute Gasteiger partial charge is 0.352 e. The lowest BCUT2D eigenvalue weighted by Crippen LogP contribution is -2.49. The molecule has 160 valence electrons. The summed E-state index contributed by atoms with van der Waals surface area (Å²) in [5.41, 5.74) is 8.12. The number of halogens is 1. The lowest BCUT2D eigenvalue weighted by molar-refractivity contribution is -0.128. The number of fused-ring (bicyclic) bond motifs is 2. The predicted molar refractivity (Wildman–Crippen MR) is 117 cm³/mol. The molecule has 6 heteroatoms. The van der Waals surface area contributed by atoms with E-state index in [1.807, 2.05) is 29.2 Å². The Morgan fingerprint density at radius 3 is 2.21 bits per heavy atom. The van der Waals surface area contributed by atoms with Crippen LogP contribution in [-0.4, -0.2) is 35.8 Å². The highest BCUT2D eigenvalue weighted by molar-refractivity contribution is 5.94. The quantitative estimate of drug-likeness (QED) is 0.784. The van der Waals surface area contributed by atoms with Gasteiger partial charge in [0.05, 0.1) is 0 Å². The number of hydrogen-bond acceptors (Lipinski definition) is 3. The molecular formula is C23H34ClN3O2. The smallest absolute Gasteiger partial charge is 0.253 e. The Kier molecular flexibility index (Phi) is 7.58. The van der Waals surface area contributed by atoms with E-state index in [4.69, 9.17) is 5.73 Å². The van der Waals surface area contributed by atoms with Gasteiger partial charge in [-0.2, -0.15) is 0 Å². The van der Waals surface area contributed by atoms with Crippen LogP contribution >= 0.6 is 12.4 Å². The molecule has 3 aliphatic rings. The van der Waals surface area contributed by atoms with Gasteiger partial charge in [0, 0.05) is 37.2 Å². The van der Waals surface area contributed by atoms with Crippen LogP contribution in [0.15, 0.2) is 24.3 Å². The van der Waals surface area contributed by atoms with Crippen molar-refractivity contribution < 1.29 is 9.59 Å². The number of nitrogens with zero attached hydrogens (tertiary/aromatic N) is 1. The van der Waals surface area contributed by atoms with E-state index in [9.17, 15) is 9.59 Å². The zero-order valence-electron chi connectivity index (χ0n) is 17.1. The minimum absolute atomic E-state index is 0. The number of nitrogens with two attached hydrogens (primary N) is 1. The van der Waals surface area contributed by atoms with Crippen molar-refractivity contribution in [3.63, 3.8) is 0 Å². The summed E-state index contributed by atoms with van der Waals surface area (Å²) >= 11 is 0. The van der Waals surface area contributed by atoms with Crippen molar-refractivity contribution in [3.05, 3.63) is 35.4 Å². The molecule has 2 saturated carbocycles. The van der Waals surface area contributed by atoms with E-state index in [0.717, 1.165) is 49.9 Å². The van der Waals surface area contributed by atoms with Crippen molar-refractivity contribution >= 4 is 24.2 Å². The van der Waals surface area contributed by atoms with Crippen LogP contribution in [0.4, 0.5) is 0 Å². The molecule has 2 aliphatic carbocycles. The van der Waals surface area contributed by atoms with Crippen LogP contribution in [0.25, 0.3) is 0 Å². The number of piperidine rings is 1. The molecule has 1 aliphatic heterocycles. The summed E-state index contributed by atoms with van der Waals surface area (Å²) < 4.78 is 0. The van der Waals surface area contributed by atoms with Gasteiger partial charge < -0.3 is 16.0 Å². The van der Waals surface area contributed by atoms with Crippen molar-refractivity contribution in [1.82, 2.24) is 10.2 Å². The summed E-state index contributed by atoms with van der Waals surface area (Å²) in [4.78, 5) is 27.2. The van der Waals surface area contributed by atoms with Gasteiger partial charge in [-0.1, -0.05) is 18.6 Å². The number of carbonyl (C=O) groups is 2. The summed E-state index contributed by atoms with van der Waals surface area (Å²) in [6.07, 6.45) is 8.91. The van der Waals surface area contributed by atoms with Crippen LogP contribution < -0.4 is 11.1 Å². The second kappa shape index (κ2) is 9.94. The first kappa shape index (κ1) is 22.1. The van der Waals surface area contributed by atoms with Gasteiger partial charge in [-0.3, -0.25) is 9.59 Å². The molecular weight excluding hydrogens is 386 g/mol. The highest BCUT2D eigenvalue weighted by Crippen LogP contribution is 2.41. The fourth-order valence-corrected chi connectivity index (χ4v) is 5.38. The monoisotopic (exact) mass is 419 g/mol. The molecule has 0 radical (unpaired) electrons. The second-order valence-electron chi connectivity index (χ2n) is 8.96. The number of nitrogens with one attached hydrogen (secondary N) is 1. The van der Waals surface area contributed by atoms with E-state index >= 15 is 0 Å². The summed E-state index contributed by atoms with van der Waals surface area (Å²) in [5.74, 6) is 1.43. The summed E-state index contributed by atoms with van der Waals surface area (Å²) in [6, 6.07) is 8.00. The Labute approximate surface area is 180 Å². The van der Waals surface area contributed by atoms with Gasteiger partial charge in [-0.25, -0.2) is 0 Å². The molecule has 1 saturated heterocycles. The van der Waals surface area contributed by atoms with Crippen molar-refractivity contribution in [2.45, 2.75) is 64.0 Å². The molecule has 2 amide bonds. The van der Waals surface area contributed by atoms with Crippen LogP contribution in [0, 0.1) is 17.8 Å². The van der Waals surface area contributed by atoms with Gasteiger partial charge in [0.1, 0.15) is 0 Å². The third kappa shape index (κ3) is 5.13. The van der Waals surface area contributed by atoms with E-state index in [-0.39, 0.29) is 30.1 Å². The molecule has 29 heavy (non-hydrogen) atoms.